The van der Waals surface area contributed by atoms with Crippen LogP contribution < -0.4 is 16.6 Å². The molecule has 0 saturated heterocycles. The smallest absolute Gasteiger partial charge is 0.326 e. The molecule has 146 valence electrons. The highest BCUT2D eigenvalue weighted by Crippen LogP contribution is 2.37. The number of aromatic nitrogens is 2. The Balaban J connectivity index is 2.19. The summed E-state index contributed by atoms with van der Waals surface area (Å²) in [5, 5.41) is 1.94. The SMILES string of the molecule is O=C(CCn1ccc(=O)[nH]c1=O)Nc1cc(C(F)(F)F)cc(C(F)(F)F)c1. The Hall–Kier alpha value is -3.05. The van der Waals surface area contributed by atoms with Crippen molar-refractivity contribution < 1.29 is 31.1 Å². The number of halogens is 6. The molecule has 0 spiro atoms. The molecule has 0 unspecified atom stereocenters. The molecule has 1 aromatic carbocycles. The number of H-pyrrole nitrogens is 1. The Bertz CT molecular complexity index is 926. The van der Waals surface area contributed by atoms with Crippen molar-refractivity contribution in [1.82, 2.24) is 9.55 Å². The van der Waals surface area contributed by atoms with Crippen LogP contribution in [0.3, 0.4) is 0 Å². The number of rotatable bonds is 4. The quantitative estimate of drug-likeness (QED) is 0.781. The van der Waals surface area contributed by atoms with Gasteiger partial charge < -0.3 is 9.88 Å². The highest BCUT2D eigenvalue weighted by atomic mass is 19.4. The fraction of sp³-hybridized carbons (Fsp3) is 0.267. The topological polar surface area (TPSA) is 84.0 Å². The number of hydrogen-bond donors (Lipinski definition) is 2. The minimum atomic E-state index is -5.04. The molecular weight excluding hydrogens is 384 g/mol. The molecular formula is C15H11F6N3O3. The van der Waals surface area contributed by atoms with Crippen LogP contribution in [-0.4, -0.2) is 15.5 Å². The van der Waals surface area contributed by atoms with Crippen LogP contribution in [-0.2, 0) is 23.7 Å². The zero-order valence-electron chi connectivity index (χ0n) is 13.2. The predicted molar refractivity (Wildman–Crippen MR) is 81.0 cm³/mol. The molecule has 0 aliphatic carbocycles. The number of aryl methyl sites for hydroxylation is 1. The molecule has 12 heteroatoms. The van der Waals surface area contributed by atoms with Crippen molar-refractivity contribution in [1.29, 1.82) is 0 Å². The van der Waals surface area contributed by atoms with Gasteiger partial charge in [0, 0.05) is 30.9 Å². The van der Waals surface area contributed by atoms with Crippen LogP contribution in [0, 0.1) is 0 Å². The largest absolute Gasteiger partial charge is 0.416 e. The molecule has 2 rings (SSSR count). The van der Waals surface area contributed by atoms with Gasteiger partial charge in [0.15, 0.2) is 0 Å². The summed E-state index contributed by atoms with van der Waals surface area (Å²) in [5.74, 6) is -0.916. The summed E-state index contributed by atoms with van der Waals surface area (Å²) in [6.07, 6.45) is -9.40. The molecule has 1 heterocycles. The Morgan fingerprint density at radius 1 is 1.00 bits per heavy atom. The lowest BCUT2D eigenvalue weighted by molar-refractivity contribution is -0.143. The molecule has 0 saturated carbocycles. The third kappa shape index (κ3) is 5.46. The average molecular weight is 395 g/mol. The van der Waals surface area contributed by atoms with Gasteiger partial charge in [-0.1, -0.05) is 0 Å². The molecule has 0 atom stereocenters. The lowest BCUT2D eigenvalue weighted by Gasteiger charge is -2.15. The van der Waals surface area contributed by atoms with E-state index < -0.39 is 52.7 Å². The van der Waals surface area contributed by atoms with Crippen LogP contribution in [0.4, 0.5) is 32.0 Å². The third-order valence-corrected chi connectivity index (χ3v) is 3.35. The minimum Gasteiger partial charge on any atom is -0.326 e. The number of carbonyl (C=O) groups excluding carboxylic acids is 1. The monoisotopic (exact) mass is 395 g/mol. The fourth-order valence-corrected chi connectivity index (χ4v) is 2.09. The van der Waals surface area contributed by atoms with E-state index in [1.807, 2.05) is 10.3 Å². The van der Waals surface area contributed by atoms with E-state index in [-0.39, 0.29) is 12.6 Å². The van der Waals surface area contributed by atoms with E-state index in [4.69, 9.17) is 0 Å². The van der Waals surface area contributed by atoms with Crippen molar-refractivity contribution in [3.8, 4) is 0 Å². The van der Waals surface area contributed by atoms with Crippen LogP contribution in [0.1, 0.15) is 17.5 Å². The number of nitrogens with zero attached hydrogens (tertiary/aromatic N) is 1. The average Bonchev–Trinajstić information content (AvgIpc) is 2.52. The van der Waals surface area contributed by atoms with Crippen molar-refractivity contribution in [2.24, 2.45) is 0 Å². The normalized spacial score (nSPS) is 12.1. The number of hydrogen-bond acceptors (Lipinski definition) is 3. The van der Waals surface area contributed by atoms with Crippen LogP contribution in [0.2, 0.25) is 0 Å². The second kappa shape index (κ2) is 7.29. The van der Waals surface area contributed by atoms with Crippen molar-refractivity contribution >= 4 is 11.6 Å². The summed E-state index contributed by atoms with van der Waals surface area (Å²) in [6, 6.07) is 1.70. The first-order valence-electron chi connectivity index (χ1n) is 7.25. The van der Waals surface area contributed by atoms with Gasteiger partial charge in [-0.3, -0.25) is 14.6 Å². The molecule has 0 bridgehead atoms. The Morgan fingerprint density at radius 2 is 1.56 bits per heavy atom. The predicted octanol–water partition coefficient (Wildman–Crippen LogP) is 2.60. The van der Waals surface area contributed by atoms with E-state index >= 15 is 0 Å². The molecule has 2 aromatic rings. The summed E-state index contributed by atoms with van der Waals surface area (Å²) in [7, 11) is 0. The number of anilines is 1. The van der Waals surface area contributed by atoms with Gasteiger partial charge in [0.25, 0.3) is 5.56 Å². The maximum atomic E-state index is 12.8. The van der Waals surface area contributed by atoms with Crippen LogP contribution in [0.25, 0.3) is 0 Å². The zero-order chi connectivity index (χ0) is 20.4. The van der Waals surface area contributed by atoms with E-state index in [0.717, 1.165) is 16.8 Å². The molecule has 0 aliphatic rings. The minimum absolute atomic E-state index is 0.0600. The Labute approximate surface area is 146 Å². The van der Waals surface area contributed by atoms with E-state index in [9.17, 15) is 40.7 Å². The van der Waals surface area contributed by atoms with E-state index in [1.54, 1.807) is 0 Å². The van der Waals surface area contributed by atoms with Gasteiger partial charge in [-0.2, -0.15) is 26.3 Å². The van der Waals surface area contributed by atoms with E-state index in [2.05, 4.69) is 0 Å². The van der Waals surface area contributed by atoms with Crippen molar-refractivity contribution in [2.75, 3.05) is 5.32 Å². The fourth-order valence-electron chi connectivity index (χ4n) is 2.09. The number of benzene rings is 1. The lowest BCUT2D eigenvalue weighted by Crippen LogP contribution is -2.29. The van der Waals surface area contributed by atoms with E-state index in [0.29, 0.717) is 12.1 Å². The van der Waals surface area contributed by atoms with Gasteiger partial charge in [0.1, 0.15) is 0 Å². The first kappa shape index (κ1) is 20.3. The molecule has 27 heavy (non-hydrogen) atoms. The second-order valence-electron chi connectivity index (χ2n) is 5.40. The summed E-state index contributed by atoms with van der Waals surface area (Å²) in [6.45, 7) is -0.244. The number of carbonyl (C=O) groups is 1. The van der Waals surface area contributed by atoms with Crippen LogP contribution >= 0.6 is 0 Å². The molecule has 1 aromatic heterocycles. The Morgan fingerprint density at radius 3 is 2.04 bits per heavy atom. The van der Waals surface area contributed by atoms with E-state index in [1.165, 1.54) is 0 Å². The summed E-state index contributed by atoms with van der Waals surface area (Å²) in [5.41, 5.74) is -5.29. The molecule has 0 fully saturated rings. The van der Waals surface area contributed by atoms with Crippen LogP contribution in [0.15, 0.2) is 40.1 Å². The van der Waals surface area contributed by atoms with Gasteiger partial charge in [0.2, 0.25) is 5.91 Å². The van der Waals surface area contributed by atoms with Crippen LogP contribution in [0.5, 0.6) is 0 Å². The molecule has 1 amide bonds. The third-order valence-electron chi connectivity index (χ3n) is 3.35. The van der Waals surface area contributed by atoms with Crippen molar-refractivity contribution in [3.05, 3.63) is 62.4 Å². The van der Waals surface area contributed by atoms with Gasteiger partial charge in [-0.25, -0.2) is 4.79 Å². The highest BCUT2D eigenvalue weighted by molar-refractivity contribution is 5.90. The second-order valence-corrected chi connectivity index (χ2v) is 5.40. The van der Waals surface area contributed by atoms with Crippen molar-refractivity contribution in [2.45, 2.75) is 25.3 Å². The summed E-state index contributed by atoms with van der Waals surface area (Å²) < 4.78 is 77.6. The van der Waals surface area contributed by atoms with Gasteiger partial charge in [0.05, 0.1) is 11.1 Å². The maximum absolute atomic E-state index is 12.8. The highest BCUT2D eigenvalue weighted by Gasteiger charge is 2.37. The number of aromatic amines is 1. The molecule has 6 nitrogen and oxygen atoms in total. The van der Waals surface area contributed by atoms with Crippen molar-refractivity contribution in [3.63, 3.8) is 0 Å². The first-order chi connectivity index (χ1) is 12.4. The number of alkyl halides is 6. The molecule has 0 radical (unpaired) electrons. The molecule has 0 aliphatic heterocycles. The lowest BCUT2D eigenvalue weighted by atomic mass is 10.1. The van der Waals surface area contributed by atoms with Gasteiger partial charge >= 0.3 is 18.0 Å². The maximum Gasteiger partial charge on any atom is 0.416 e. The summed E-state index contributed by atoms with van der Waals surface area (Å²) >= 11 is 0. The zero-order valence-corrected chi connectivity index (χ0v) is 13.2. The van der Waals surface area contributed by atoms with Gasteiger partial charge in [-0.05, 0) is 18.2 Å². The number of nitrogens with one attached hydrogen (secondary N) is 2. The Kier molecular flexibility index (Phi) is 5.47. The van der Waals surface area contributed by atoms with Gasteiger partial charge in [-0.15, -0.1) is 0 Å². The standard InChI is InChI=1S/C15H11F6N3O3/c16-14(17,18)8-5-9(15(19,20)21)7-10(6-8)22-11(25)1-3-24-4-2-12(26)23-13(24)27/h2,4-7H,1,3H2,(H,22,25)(H,23,26,27). The number of amides is 1. The summed E-state index contributed by atoms with van der Waals surface area (Å²) in [4.78, 5) is 36.1. The molecule has 2 N–H and O–H groups in total. The first-order valence-corrected chi connectivity index (χ1v) is 7.25.